The van der Waals surface area contributed by atoms with Crippen LogP contribution >= 0.6 is 0 Å². The molecule has 0 spiro atoms. The van der Waals surface area contributed by atoms with Crippen molar-refractivity contribution in [2.75, 3.05) is 10.6 Å². The van der Waals surface area contributed by atoms with E-state index in [9.17, 15) is 9.59 Å². The van der Waals surface area contributed by atoms with Gasteiger partial charge in [-0.25, -0.2) is 19.0 Å². The third kappa shape index (κ3) is 7.70. The Balaban J connectivity index is 0.000000136. The fourth-order valence-corrected chi connectivity index (χ4v) is 7.97. The van der Waals surface area contributed by atoms with E-state index in [0.717, 1.165) is 44.8 Å². The Bertz CT molecular complexity index is 2650. The molecule has 2 N–H and O–H groups in total. The Morgan fingerprint density at radius 2 is 1.03 bits per heavy atom. The van der Waals surface area contributed by atoms with E-state index in [1.54, 1.807) is 11.0 Å². The molecular formula is C47H45N11O2. The van der Waals surface area contributed by atoms with Gasteiger partial charge in [0.15, 0.2) is 0 Å². The molecule has 0 atom stereocenters. The quantitative estimate of drug-likeness (QED) is 0.126. The summed E-state index contributed by atoms with van der Waals surface area (Å²) in [6, 6.07) is 35.9. The molecule has 8 aromatic rings. The van der Waals surface area contributed by atoms with Gasteiger partial charge in [-0.2, -0.15) is 10.2 Å². The van der Waals surface area contributed by atoms with Gasteiger partial charge in [0, 0.05) is 46.4 Å². The van der Waals surface area contributed by atoms with Crippen LogP contribution in [0.3, 0.4) is 0 Å². The van der Waals surface area contributed by atoms with E-state index < -0.39 is 0 Å². The van der Waals surface area contributed by atoms with Crippen LogP contribution in [0.4, 0.5) is 11.4 Å². The molecule has 13 nitrogen and oxygen atoms in total. The first-order valence-corrected chi connectivity index (χ1v) is 21.2. The molecule has 4 fully saturated rings. The summed E-state index contributed by atoms with van der Waals surface area (Å²) in [6.07, 6.45) is 11.8. The van der Waals surface area contributed by atoms with Gasteiger partial charge in [-0.05, 0) is 136 Å². The minimum absolute atomic E-state index is 0.0697. The van der Waals surface area contributed by atoms with Crippen LogP contribution in [0.2, 0.25) is 0 Å². The summed E-state index contributed by atoms with van der Waals surface area (Å²) < 4.78 is 7.68. The Hall–Kier alpha value is -6.89. The van der Waals surface area contributed by atoms with Crippen molar-refractivity contribution in [2.24, 2.45) is 0 Å². The van der Waals surface area contributed by atoms with Gasteiger partial charge in [0.2, 0.25) is 11.8 Å². The van der Waals surface area contributed by atoms with Gasteiger partial charge in [-0.1, -0.05) is 29.5 Å². The van der Waals surface area contributed by atoms with Crippen molar-refractivity contribution in [1.29, 1.82) is 0 Å². The molecular weight excluding hydrogens is 751 g/mol. The van der Waals surface area contributed by atoms with Gasteiger partial charge in [-0.3, -0.25) is 9.59 Å². The van der Waals surface area contributed by atoms with Crippen molar-refractivity contribution in [3.63, 3.8) is 0 Å². The highest BCUT2D eigenvalue weighted by Crippen LogP contribution is 2.46. The number of rotatable bonds is 12. The number of fused-ring (bicyclic) bond motifs is 2. The summed E-state index contributed by atoms with van der Waals surface area (Å²) in [4.78, 5) is 29.4. The maximum absolute atomic E-state index is 12.5. The molecule has 4 heterocycles. The summed E-state index contributed by atoms with van der Waals surface area (Å²) in [5, 5.41) is 23.9. The first-order chi connectivity index (χ1) is 29.5. The number of carbonyl (C=O) groups excluding carboxylic acids is 2. The van der Waals surface area contributed by atoms with E-state index in [2.05, 4.69) is 47.4 Å². The Labute approximate surface area is 346 Å². The lowest BCUT2D eigenvalue weighted by Gasteiger charge is -2.10. The summed E-state index contributed by atoms with van der Waals surface area (Å²) in [5.74, 6) is 2.39. The number of anilines is 2. The standard InChI is InChI=1S/C24H23N5O.C23H22N6O/c30-24(14-28-15-25-20-3-1-2-4-22(20)28)26-18-9-11-19(12-10-18)29-23(17-7-8-17)13-21(27-29)16-5-6-16;30-23(14-28-21-4-2-1-3-19(21)25-27-28)24-17-9-11-18(12-10-17)29-22(16-7-8-16)13-20(26-29)15-5-6-15/h1-4,9-13,15-17H,5-8,14H2,(H,26,30);1-4,9-13,15-16H,5-8,14H2,(H,24,30). The summed E-state index contributed by atoms with van der Waals surface area (Å²) >= 11 is 0. The van der Waals surface area contributed by atoms with E-state index >= 15 is 0 Å². The van der Waals surface area contributed by atoms with Crippen molar-refractivity contribution in [3.8, 4) is 11.4 Å². The molecule has 60 heavy (non-hydrogen) atoms. The fraction of sp³-hybridized carbons (Fsp3) is 0.298. The highest BCUT2D eigenvalue weighted by molar-refractivity contribution is 5.92. The first kappa shape index (κ1) is 36.2. The predicted octanol–water partition coefficient (Wildman–Crippen LogP) is 8.63. The normalized spacial score (nSPS) is 16.1. The lowest BCUT2D eigenvalue weighted by atomic mass is 10.2. The zero-order valence-electron chi connectivity index (χ0n) is 33.2. The average molecular weight is 796 g/mol. The van der Waals surface area contributed by atoms with Crippen LogP contribution in [0.25, 0.3) is 33.4 Å². The highest BCUT2D eigenvalue weighted by atomic mass is 16.2. The monoisotopic (exact) mass is 795 g/mol. The molecule has 4 aliphatic carbocycles. The molecule has 0 saturated heterocycles. The number of nitrogens with one attached hydrogen (secondary N) is 2. The van der Waals surface area contributed by atoms with E-state index in [1.165, 1.54) is 74.1 Å². The minimum atomic E-state index is -0.132. The van der Waals surface area contributed by atoms with Gasteiger partial charge in [-0.15, -0.1) is 5.10 Å². The van der Waals surface area contributed by atoms with E-state index in [-0.39, 0.29) is 24.9 Å². The Morgan fingerprint density at radius 1 is 0.550 bits per heavy atom. The van der Waals surface area contributed by atoms with Gasteiger partial charge in [0.25, 0.3) is 0 Å². The number of hydrogen-bond donors (Lipinski definition) is 2. The SMILES string of the molecule is O=C(Cn1cnc2ccccc21)Nc1ccc(-n2nc(C3CC3)cc2C2CC2)cc1.O=C(Cn1nnc2ccccc21)Nc1ccc(-n2nc(C3CC3)cc2C2CC2)cc1. The van der Waals surface area contributed by atoms with Gasteiger partial charge in [0.1, 0.15) is 18.6 Å². The van der Waals surface area contributed by atoms with Crippen molar-refractivity contribution < 1.29 is 9.59 Å². The van der Waals surface area contributed by atoms with Crippen molar-refractivity contribution >= 4 is 45.3 Å². The number of aromatic nitrogens is 9. The third-order valence-electron chi connectivity index (χ3n) is 11.8. The van der Waals surface area contributed by atoms with Gasteiger partial charge in [0.05, 0.1) is 45.6 Å². The molecule has 0 unspecified atom stereocenters. The van der Waals surface area contributed by atoms with E-state index in [4.69, 9.17) is 10.2 Å². The molecule has 12 rings (SSSR count). The summed E-state index contributed by atoms with van der Waals surface area (Å²) in [7, 11) is 0. The highest BCUT2D eigenvalue weighted by Gasteiger charge is 2.34. The summed E-state index contributed by atoms with van der Waals surface area (Å²) in [6.45, 7) is 0.357. The molecule has 0 aliphatic heterocycles. The molecule has 0 radical (unpaired) electrons. The first-order valence-electron chi connectivity index (χ1n) is 21.2. The van der Waals surface area contributed by atoms with Crippen molar-refractivity contribution in [2.45, 2.75) is 88.1 Å². The molecule has 4 aromatic heterocycles. The van der Waals surface area contributed by atoms with E-state index in [1.807, 2.05) is 102 Å². The van der Waals surface area contributed by atoms with Crippen LogP contribution in [-0.2, 0) is 22.7 Å². The van der Waals surface area contributed by atoms with Crippen molar-refractivity contribution in [3.05, 3.63) is 138 Å². The number of carbonyl (C=O) groups is 2. The van der Waals surface area contributed by atoms with Crippen LogP contribution in [0.1, 0.15) is 97.8 Å². The van der Waals surface area contributed by atoms with Crippen LogP contribution in [0, 0.1) is 0 Å². The second-order valence-electron chi connectivity index (χ2n) is 16.7. The van der Waals surface area contributed by atoms with Crippen LogP contribution in [0.5, 0.6) is 0 Å². The van der Waals surface area contributed by atoms with Crippen LogP contribution in [-0.4, -0.2) is 55.9 Å². The minimum Gasteiger partial charge on any atom is -0.325 e. The number of para-hydroxylation sites is 3. The number of imidazole rings is 1. The number of amides is 2. The molecule has 0 bridgehead atoms. The lowest BCUT2D eigenvalue weighted by molar-refractivity contribution is -0.117. The average Bonchev–Trinajstić information content (AvgIpc) is 4.09. The predicted molar refractivity (Wildman–Crippen MR) is 230 cm³/mol. The van der Waals surface area contributed by atoms with Crippen LogP contribution < -0.4 is 10.6 Å². The Kier molecular flexibility index (Phi) is 9.08. The topological polar surface area (TPSA) is 142 Å². The van der Waals surface area contributed by atoms with Gasteiger partial charge < -0.3 is 15.2 Å². The lowest BCUT2D eigenvalue weighted by Crippen LogP contribution is -2.19. The fourth-order valence-electron chi connectivity index (χ4n) is 7.97. The Morgan fingerprint density at radius 3 is 1.57 bits per heavy atom. The van der Waals surface area contributed by atoms with E-state index in [0.29, 0.717) is 23.7 Å². The third-order valence-corrected chi connectivity index (χ3v) is 11.8. The molecule has 4 aliphatic rings. The largest absolute Gasteiger partial charge is 0.325 e. The van der Waals surface area contributed by atoms with Crippen LogP contribution in [0.15, 0.2) is 116 Å². The van der Waals surface area contributed by atoms with Crippen molar-refractivity contribution in [1.82, 2.24) is 44.1 Å². The second kappa shape index (κ2) is 15.0. The number of hydrogen-bond acceptors (Lipinski definition) is 7. The molecule has 4 aromatic carbocycles. The maximum atomic E-state index is 12.5. The van der Waals surface area contributed by atoms with Gasteiger partial charge >= 0.3 is 0 Å². The maximum Gasteiger partial charge on any atom is 0.246 e. The zero-order chi connectivity index (χ0) is 40.2. The smallest absolute Gasteiger partial charge is 0.246 e. The molecule has 13 heteroatoms. The molecule has 4 saturated carbocycles. The molecule has 300 valence electrons. The zero-order valence-corrected chi connectivity index (χ0v) is 33.2. The number of benzene rings is 4. The summed E-state index contributed by atoms with van der Waals surface area (Å²) in [5.41, 5.74) is 12.3. The molecule has 2 amide bonds. The second-order valence-corrected chi connectivity index (χ2v) is 16.7. The number of nitrogens with zero attached hydrogens (tertiary/aromatic N) is 9.